The normalized spacial score (nSPS) is 20.7. The largest absolute Gasteiger partial charge is 0.390 e. The molecule has 1 aromatic heterocycles. The van der Waals surface area contributed by atoms with Gasteiger partial charge in [0.1, 0.15) is 0 Å². The van der Waals surface area contributed by atoms with Gasteiger partial charge in [0.25, 0.3) is 0 Å². The summed E-state index contributed by atoms with van der Waals surface area (Å²) in [6.07, 6.45) is 2.50. The number of aromatic nitrogens is 1. The van der Waals surface area contributed by atoms with Gasteiger partial charge in [-0.1, -0.05) is 34.6 Å². The predicted octanol–water partition coefficient (Wildman–Crippen LogP) is 2.10. The first kappa shape index (κ1) is 16.5. The zero-order valence-electron chi connectivity index (χ0n) is 13.5. The van der Waals surface area contributed by atoms with Crippen LogP contribution < -0.4 is 4.72 Å². The lowest BCUT2D eigenvalue weighted by Crippen LogP contribution is -2.29. The molecule has 1 heterocycles. The molecule has 0 aliphatic heterocycles. The van der Waals surface area contributed by atoms with Crippen molar-refractivity contribution in [2.24, 2.45) is 10.8 Å². The molecule has 6 heteroatoms. The Morgan fingerprint density at radius 2 is 1.86 bits per heavy atom. The molecule has 0 bridgehead atoms. The van der Waals surface area contributed by atoms with E-state index >= 15 is 0 Å². The lowest BCUT2D eigenvalue weighted by Gasteiger charge is -2.06. The van der Waals surface area contributed by atoms with Crippen molar-refractivity contribution in [2.75, 3.05) is 0 Å². The zero-order valence-corrected chi connectivity index (χ0v) is 14.3. The van der Waals surface area contributed by atoms with Gasteiger partial charge in [0.15, 0.2) is 0 Å². The number of hydrogen-bond donors (Lipinski definition) is 2. The van der Waals surface area contributed by atoms with Crippen LogP contribution in [0.15, 0.2) is 17.2 Å². The van der Waals surface area contributed by atoms with Crippen molar-refractivity contribution in [2.45, 2.75) is 65.1 Å². The van der Waals surface area contributed by atoms with E-state index in [4.69, 9.17) is 0 Å². The number of nitrogens with zero attached hydrogens (tertiary/aromatic N) is 1. The molecule has 1 aliphatic rings. The van der Waals surface area contributed by atoms with Crippen LogP contribution in [0.25, 0.3) is 0 Å². The van der Waals surface area contributed by atoms with Gasteiger partial charge in [-0.05, 0) is 23.3 Å². The van der Waals surface area contributed by atoms with Gasteiger partial charge in [-0.2, -0.15) is 0 Å². The standard InChI is InChI=1S/C15H26N2O3S/c1-6-7-17-9-12(8-11(17)10-18)21(19,20)16-13-14(2,3)15(13,4)5/h8-9,13,16,18H,6-7,10H2,1-5H3. The zero-order chi connectivity index (χ0) is 16.1. The van der Waals surface area contributed by atoms with Crippen LogP contribution in [0.3, 0.4) is 0 Å². The molecular weight excluding hydrogens is 288 g/mol. The molecule has 5 nitrogen and oxygen atoms in total. The number of hydrogen-bond acceptors (Lipinski definition) is 3. The third-order valence-electron chi connectivity index (χ3n) is 5.19. The minimum Gasteiger partial charge on any atom is -0.390 e. The summed E-state index contributed by atoms with van der Waals surface area (Å²) in [5, 5.41) is 9.35. The summed E-state index contributed by atoms with van der Waals surface area (Å²) in [4.78, 5) is 0.235. The second-order valence-electron chi connectivity index (χ2n) is 7.02. The highest BCUT2D eigenvalue weighted by atomic mass is 32.2. The molecule has 0 amide bonds. The topological polar surface area (TPSA) is 71.3 Å². The number of nitrogens with one attached hydrogen (secondary N) is 1. The number of aliphatic hydroxyl groups excluding tert-OH is 1. The van der Waals surface area contributed by atoms with Gasteiger partial charge in [-0.25, -0.2) is 13.1 Å². The SMILES string of the molecule is CCCn1cc(S(=O)(=O)NC2C(C)(C)C2(C)C)cc1CO. The number of sulfonamides is 1. The van der Waals surface area contributed by atoms with E-state index in [1.165, 1.54) is 0 Å². The second-order valence-corrected chi connectivity index (χ2v) is 8.73. The van der Waals surface area contributed by atoms with Crippen LogP contribution in [0.5, 0.6) is 0 Å². The summed E-state index contributed by atoms with van der Waals surface area (Å²) >= 11 is 0. The van der Waals surface area contributed by atoms with Crippen molar-refractivity contribution < 1.29 is 13.5 Å². The Morgan fingerprint density at radius 1 is 1.29 bits per heavy atom. The predicted molar refractivity (Wildman–Crippen MR) is 82.3 cm³/mol. The quantitative estimate of drug-likeness (QED) is 0.844. The lowest BCUT2D eigenvalue weighted by molar-refractivity contribution is 0.270. The maximum absolute atomic E-state index is 12.5. The van der Waals surface area contributed by atoms with Gasteiger partial charge in [0.05, 0.1) is 11.5 Å². The van der Waals surface area contributed by atoms with E-state index in [-0.39, 0.29) is 28.4 Å². The molecule has 1 fully saturated rings. The molecule has 0 saturated heterocycles. The highest BCUT2D eigenvalue weighted by Crippen LogP contribution is 2.62. The van der Waals surface area contributed by atoms with Crippen LogP contribution in [0.2, 0.25) is 0 Å². The maximum atomic E-state index is 12.5. The average Bonchev–Trinajstić information content (AvgIpc) is 2.72. The maximum Gasteiger partial charge on any atom is 0.242 e. The summed E-state index contributed by atoms with van der Waals surface area (Å²) < 4.78 is 29.7. The van der Waals surface area contributed by atoms with Crippen LogP contribution in [-0.2, 0) is 23.2 Å². The fraction of sp³-hybridized carbons (Fsp3) is 0.733. The monoisotopic (exact) mass is 314 g/mol. The van der Waals surface area contributed by atoms with Crippen molar-refractivity contribution >= 4 is 10.0 Å². The third kappa shape index (κ3) is 2.64. The second kappa shape index (κ2) is 5.11. The van der Waals surface area contributed by atoms with Crippen molar-refractivity contribution in [3.63, 3.8) is 0 Å². The minimum atomic E-state index is -3.55. The molecule has 0 radical (unpaired) electrons. The fourth-order valence-corrected chi connectivity index (χ4v) is 4.56. The van der Waals surface area contributed by atoms with E-state index in [1.807, 2.05) is 6.92 Å². The molecule has 1 aromatic rings. The summed E-state index contributed by atoms with van der Waals surface area (Å²) in [7, 11) is -3.55. The van der Waals surface area contributed by atoms with E-state index in [9.17, 15) is 13.5 Å². The molecule has 120 valence electrons. The van der Waals surface area contributed by atoms with Gasteiger partial charge in [-0.3, -0.25) is 0 Å². The van der Waals surface area contributed by atoms with Crippen LogP contribution >= 0.6 is 0 Å². The Morgan fingerprint density at radius 3 is 2.29 bits per heavy atom. The Hall–Kier alpha value is -0.850. The van der Waals surface area contributed by atoms with Gasteiger partial charge in [0, 0.05) is 24.5 Å². The smallest absolute Gasteiger partial charge is 0.242 e. The summed E-state index contributed by atoms with van der Waals surface area (Å²) in [6.45, 7) is 10.8. The number of rotatable bonds is 6. The van der Waals surface area contributed by atoms with Crippen LogP contribution in [0.1, 0.15) is 46.7 Å². The first-order valence-corrected chi connectivity index (χ1v) is 8.88. The molecule has 0 atom stereocenters. The summed E-state index contributed by atoms with van der Waals surface area (Å²) in [5.41, 5.74) is 0.532. The molecule has 2 N–H and O–H groups in total. The van der Waals surface area contributed by atoms with E-state index in [2.05, 4.69) is 32.4 Å². The van der Waals surface area contributed by atoms with Gasteiger partial charge in [0.2, 0.25) is 10.0 Å². The molecule has 0 spiro atoms. The molecule has 1 saturated carbocycles. The van der Waals surface area contributed by atoms with E-state index in [1.54, 1.807) is 16.8 Å². The lowest BCUT2D eigenvalue weighted by atomic mass is 10.0. The van der Waals surface area contributed by atoms with Crippen molar-refractivity contribution in [3.05, 3.63) is 18.0 Å². The van der Waals surface area contributed by atoms with Gasteiger partial charge >= 0.3 is 0 Å². The van der Waals surface area contributed by atoms with E-state index in [0.29, 0.717) is 12.2 Å². The number of aryl methyl sites for hydroxylation is 1. The van der Waals surface area contributed by atoms with E-state index < -0.39 is 10.0 Å². The van der Waals surface area contributed by atoms with Crippen LogP contribution in [0.4, 0.5) is 0 Å². The van der Waals surface area contributed by atoms with Gasteiger partial charge in [-0.15, -0.1) is 0 Å². The molecular formula is C15H26N2O3S. The summed E-state index contributed by atoms with van der Waals surface area (Å²) in [5.74, 6) is 0. The Bertz CT molecular complexity index is 615. The number of aliphatic hydroxyl groups is 1. The van der Waals surface area contributed by atoms with Crippen molar-refractivity contribution in [3.8, 4) is 0 Å². The summed E-state index contributed by atoms with van der Waals surface area (Å²) in [6, 6.07) is 1.49. The van der Waals surface area contributed by atoms with Crippen molar-refractivity contribution in [1.82, 2.24) is 9.29 Å². The van der Waals surface area contributed by atoms with Gasteiger partial charge < -0.3 is 9.67 Å². The Balaban J connectivity index is 2.25. The fourth-order valence-electron chi connectivity index (χ4n) is 2.97. The third-order valence-corrected chi connectivity index (χ3v) is 6.58. The molecule has 2 rings (SSSR count). The first-order valence-electron chi connectivity index (χ1n) is 7.40. The highest BCUT2D eigenvalue weighted by molar-refractivity contribution is 7.89. The molecule has 1 aliphatic carbocycles. The first-order chi connectivity index (χ1) is 9.57. The Labute approximate surface area is 127 Å². The van der Waals surface area contributed by atoms with E-state index in [0.717, 1.165) is 6.42 Å². The Kier molecular flexibility index (Phi) is 4.02. The average molecular weight is 314 g/mol. The minimum absolute atomic E-state index is 0.0497. The molecule has 0 unspecified atom stereocenters. The molecule has 0 aromatic carbocycles. The molecule has 21 heavy (non-hydrogen) atoms. The van der Waals surface area contributed by atoms with Crippen LogP contribution in [0, 0.1) is 10.8 Å². The highest BCUT2D eigenvalue weighted by Gasteiger charge is 2.66. The van der Waals surface area contributed by atoms with Crippen LogP contribution in [-0.4, -0.2) is 24.1 Å². The van der Waals surface area contributed by atoms with Crippen molar-refractivity contribution in [1.29, 1.82) is 0 Å².